The molecule has 0 fully saturated rings. The van der Waals surface area contributed by atoms with E-state index in [0.29, 0.717) is 0 Å². The van der Waals surface area contributed by atoms with Gasteiger partial charge >= 0.3 is 0 Å². The molecule has 1 aromatic rings. The Morgan fingerprint density at radius 2 is 2.00 bits per heavy atom. The molecule has 0 aliphatic carbocycles. The number of aliphatic hydroxyl groups excluding tert-OH is 2. The van der Waals surface area contributed by atoms with Crippen molar-refractivity contribution in [1.29, 1.82) is 0 Å². The minimum atomic E-state index is -1.29. The number of nitro groups is 1. The molecule has 7 nitrogen and oxygen atoms in total. The van der Waals surface area contributed by atoms with E-state index < -0.39 is 36.3 Å². The van der Waals surface area contributed by atoms with E-state index in [1.165, 1.54) is 24.3 Å². The van der Waals surface area contributed by atoms with Crippen molar-refractivity contribution in [2.45, 2.75) is 12.1 Å². The standard InChI is InChI=1S/C11H13FN2O5/c12-5-10(16)13-9(6-15)11(17)7-1-3-8(4-2-7)14(18)19/h1-4,9,11,15,17H,5-6H2,(H,13,16). The highest BCUT2D eigenvalue weighted by atomic mass is 19.1. The zero-order chi connectivity index (χ0) is 14.4. The van der Waals surface area contributed by atoms with Crippen molar-refractivity contribution in [2.75, 3.05) is 13.3 Å². The lowest BCUT2D eigenvalue weighted by molar-refractivity contribution is -0.384. The first kappa shape index (κ1) is 15.0. The molecule has 1 aromatic carbocycles. The molecule has 0 spiro atoms. The topological polar surface area (TPSA) is 113 Å². The number of amides is 1. The van der Waals surface area contributed by atoms with Crippen LogP contribution in [0.5, 0.6) is 0 Å². The summed E-state index contributed by atoms with van der Waals surface area (Å²) in [5.41, 5.74) is 0.119. The molecule has 3 N–H and O–H groups in total. The number of nitrogens with zero attached hydrogens (tertiary/aromatic N) is 1. The summed E-state index contributed by atoms with van der Waals surface area (Å²) in [4.78, 5) is 20.7. The van der Waals surface area contributed by atoms with Crippen LogP contribution < -0.4 is 5.32 Å². The third kappa shape index (κ3) is 3.97. The number of nitro benzene ring substituents is 1. The van der Waals surface area contributed by atoms with E-state index >= 15 is 0 Å². The normalized spacial score (nSPS) is 13.6. The Morgan fingerprint density at radius 1 is 1.42 bits per heavy atom. The number of alkyl halides is 1. The number of nitrogens with one attached hydrogen (secondary N) is 1. The average molecular weight is 272 g/mol. The molecule has 0 saturated heterocycles. The van der Waals surface area contributed by atoms with Crippen LogP contribution in [0.15, 0.2) is 24.3 Å². The number of hydrogen-bond acceptors (Lipinski definition) is 5. The smallest absolute Gasteiger partial charge is 0.269 e. The van der Waals surface area contributed by atoms with Gasteiger partial charge in [0.25, 0.3) is 11.6 Å². The number of benzene rings is 1. The summed E-state index contributed by atoms with van der Waals surface area (Å²) in [6.07, 6.45) is -1.29. The van der Waals surface area contributed by atoms with Gasteiger partial charge in [-0.05, 0) is 17.7 Å². The van der Waals surface area contributed by atoms with Gasteiger partial charge in [-0.15, -0.1) is 0 Å². The number of halogens is 1. The highest BCUT2D eigenvalue weighted by Crippen LogP contribution is 2.20. The molecule has 1 rings (SSSR count). The molecule has 0 heterocycles. The fourth-order valence-corrected chi connectivity index (χ4v) is 1.50. The Balaban J connectivity index is 2.81. The maximum absolute atomic E-state index is 12.0. The zero-order valence-corrected chi connectivity index (χ0v) is 9.82. The van der Waals surface area contributed by atoms with Crippen molar-refractivity contribution in [3.05, 3.63) is 39.9 Å². The lowest BCUT2D eigenvalue weighted by atomic mass is 10.0. The van der Waals surface area contributed by atoms with Gasteiger partial charge in [-0.1, -0.05) is 0 Å². The van der Waals surface area contributed by atoms with E-state index in [1.807, 2.05) is 0 Å². The van der Waals surface area contributed by atoms with E-state index in [-0.39, 0.29) is 11.3 Å². The Hall–Kier alpha value is -2.06. The van der Waals surface area contributed by atoms with Crippen LogP contribution in [0.25, 0.3) is 0 Å². The second kappa shape index (κ2) is 6.76. The Labute approximate surface area is 107 Å². The molecule has 0 saturated carbocycles. The van der Waals surface area contributed by atoms with Gasteiger partial charge in [0, 0.05) is 12.1 Å². The maximum Gasteiger partial charge on any atom is 0.269 e. The van der Waals surface area contributed by atoms with Crippen molar-refractivity contribution in [1.82, 2.24) is 5.32 Å². The van der Waals surface area contributed by atoms with Crippen LogP contribution in [0.1, 0.15) is 11.7 Å². The lowest BCUT2D eigenvalue weighted by Gasteiger charge is -2.21. The first-order valence-electron chi connectivity index (χ1n) is 5.38. The molecule has 8 heteroatoms. The van der Waals surface area contributed by atoms with E-state index in [2.05, 4.69) is 5.32 Å². The molecule has 0 aliphatic rings. The summed E-state index contributed by atoms with van der Waals surface area (Å²) >= 11 is 0. The van der Waals surface area contributed by atoms with Crippen LogP contribution in [0.3, 0.4) is 0 Å². The van der Waals surface area contributed by atoms with Crippen molar-refractivity contribution >= 4 is 11.6 Å². The van der Waals surface area contributed by atoms with E-state index in [0.717, 1.165) is 0 Å². The second-order valence-corrected chi connectivity index (χ2v) is 3.78. The quantitative estimate of drug-likeness (QED) is 0.501. The maximum atomic E-state index is 12.0. The second-order valence-electron chi connectivity index (χ2n) is 3.78. The summed E-state index contributed by atoms with van der Waals surface area (Å²) in [5, 5.41) is 31.5. The van der Waals surface area contributed by atoms with E-state index in [4.69, 9.17) is 5.11 Å². The summed E-state index contributed by atoms with van der Waals surface area (Å²) in [7, 11) is 0. The fourth-order valence-electron chi connectivity index (χ4n) is 1.50. The Bertz CT molecular complexity index is 451. The zero-order valence-electron chi connectivity index (χ0n) is 9.82. The molecule has 2 atom stereocenters. The molecule has 0 aliphatic heterocycles. The summed E-state index contributed by atoms with van der Waals surface area (Å²) < 4.78 is 12.0. The highest BCUT2D eigenvalue weighted by Gasteiger charge is 2.22. The van der Waals surface area contributed by atoms with Crippen molar-refractivity contribution in [2.24, 2.45) is 0 Å². The van der Waals surface area contributed by atoms with Crippen LogP contribution in [-0.2, 0) is 4.79 Å². The van der Waals surface area contributed by atoms with Gasteiger partial charge in [0.15, 0.2) is 6.67 Å². The molecule has 1 amide bonds. The Kier molecular flexibility index (Phi) is 5.34. The van der Waals surface area contributed by atoms with E-state index in [1.54, 1.807) is 0 Å². The summed E-state index contributed by atoms with van der Waals surface area (Å²) in [6, 6.07) is 3.89. The SMILES string of the molecule is O=C(CF)NC(CO)C(O)c1ccc([N+](=O)[O-])cc1. The highest BCUT2D eigenvalue weighted by molar-refractivity contribution is 5.77. The average Bonchev–Trinajstić information content (AvgIpc) is 2.43. The minimum absolute atomic E-state index is 0.149. The molecular formula is C11H13FN2O5. The van der Waals surface area contributed by atoms with Gasteiger partial charge in [-0.3, -0.25) is 14.9 Å². The number of aliphatic hydroxyl groups is 2. The van der Waals surface area contributed by atoms with Crippen LogP contribution >= 0.6 is 0 Å². The van der Waals surface area contributed by atoms with Gasteiger partial charge in [0.2, 0.25) is 0 Å². The van der Waals surface area contributed by atoms with Crippen LogP contribution in [0.4, 0.5) is 10.1 Å². The molecule has 0 bridgehead atoms. The monoisotopic (exact) mass is 272 g/mol. The van der Waals surface area contributed by atoms with Gasteiger partial charge in [-0.2, -0.15) is 0 Å². The summed E-state index contributed by atoms with van der Waals surface area (Å²) in [5.74, 6) is -0.958. The summed E-state index contributed by atoms with van der Waals surface area (Å²) in [6.45, 7) is -1.85. The van der Waals surface area contributed by atoms with Gasteiger partial charge < -0.3 is 15.5 Å². The van der Waals surface area contributed by atoms with E-state index in [9.17, 15) is 24.4 Å². The Morgan fingerprint density at radius 3 is 2.42 bits per heavy atom. The van der Waals surface area contributed by atoms with Crippen LogP contribution in [0, 0.1) is 10.1 Å². The first-order chi connectivity index (χ1) is 8.99. The molecule has 104 valence electrons. The van der Waals surface area contributed by atoms with Crippen LogP contribution in [0.2, 0.25) is 0 Å². The lowest BCUT2D eigenvalue weighted by Crippen LogP contribution is -2.42. The molecule has 19 heavy (non-hydrogen) atoms. The number of non-ortho nitro benzene ring substituents is 1. The fraction of sp³-hybridized carbons (Fsp3) is 0.364. The van der Waals surface area contributed by atoms with Crippen molar-refractivity contribution in [3.63, 3.8) is 0 Å². The molecular weight excluding hydrogens is 259 g/mol. The predicted molar refractivity (Wildman–Crippen MR) is 63.0 cm³/mol. The van der Waals surface area contributed by atoms with Gasteiger partial charge in [0.1, 0.15) is 6.10 Å². The largest absolute Gasteiger partial charge is 0.394 e. The first-order valence-corrected chi connectivity index (χ1v) is 5.38. The number of carbonyl (C=O) groups is 1. The van der Waals surface area contributed by atoms with Crippen molar-refractivity contribution in [3.8, 4) is 0 Å². The molecule has 0 radical (unpaired) electrons. The van der Waals surface area contributed by atoms with Crippen molar-refractivity contribution < 1.29 is 24.3 Å². The molecule has 2 unspecified atom stereocenters. The predicted octanol–water partition coefficient (Wildman–Crippen LogP) is 0.0748. The van der Waals surface area contributed by atoms with Gasteiger partial charge in [0.05, 0.1) is 17.6 Å². The third-order valence-electron chi connectivity index (χ3n) is 2.49. The minimum Gasteiger partial charge on any atom is -0.394 e. The number of hydrogen-bond donors (Lipinski definition) is 3. The number of rotatable bonds is 6. The number of carbonyl (C=O) groups excluding carboxylic acids is 1. The van der Waals surface area contributed by atoms with Crippen LogP contribution in [-0.4, -0.2) is 40.4 Å². The third-order valence-corrected chi connectivity index (χ3v) is 2.49. The van der Waals surface area contributed by atoms with Gasteiger partial charge in [-0.25, -0.2) is 4.39 Å². The molecule has 0 aromatic heterocycles.